The van der Waals surface area contributed by atoms with E-state index in [2.05, 4.69) is 32.7 Å². The number of carbonyl (C=O) groups is 2. The smallest absolute Gasteiger partial charge is 0.274 e. The van der Waals surface area contributed by atoms with Crippen LogP contribution in [-0.4, -0.2) is 40.8 Å². The first-order chi connectivity index (χ1) is 15.6. The average Bonchev–Trinajstić information content (AvgIpc) is 3.26. The van der Waals surface area contributed by atoms with Crippen LogP contribution in [0, 0.1) is 0 Å². The third-order valence-electron chi connectivity index (χ3n) is 5.69. The van der Waals surface area contributed by atoms with E-state index in [1.165, 1.54) is 11.8 Å². The van der Waals surface area contributed by atoms with Gasteiger partial charge in [-0.3, -0.25) is 19.5 Å². The van der Waals surface area contributed by atoms with Crippen LogP contribution < -0.4 is 16.4 Å². The molecule has 1 aliphatic rings. The lowest BCUT2D eigenvalue weighted by Gasteiger charge is -2.24. The Morgan fingerprint density at radius 2 is 1.78 bits per heavy atom. The molecule has 0 spiro atoms. The summed E-state index contributed by atoms with van der Waals surface area (Å²) in [7, 11) is 0. The van der Waals surface area contributed by atoms with E-state index < -0.39 is 0 Å². The standard InChI is InChI=1S/C25H27N5O2/c26-21-10-4-5-11-22(21)29-25(32)23-13-12-19(15-27-23)24(31)28-16-20-9-6-14-30(20)17-18-7-2-1-3-8-18/h1-5,7-8,10-13,15,20H,6,9,14,16-17,26H2,(H,28,31)(H,29,32). The first-order valence-corrected chi connectivity index (χ1v) is 10.8. The molecule has 0 bridgehead atoms. The molecule has 7 heteroatoms. The van der Waals surface area contributed by atoms with Crippen molar-refractivity contribution in [2.75, 3.05) is 24.1 Å². The van der Waals surface area contributed by atoms with Gasteiger partial charge in [0, 0.05) is 25.3 Å². The van der Waals surface area contributed by atoms with Gasteiger partial charge in [-0.1, -0.05) is 42.5 Å². The molecule has 2 aromatic carbocycles. The number of pyridine rings is 1. The number of carbonyl (C=O) groups excluding carboxylic acids is 2. The molecule has 32 heavy (non-hydrogen) atoms. The summed E-state index contributed by atoms with van der Waals surface area (Å²) in [6.45, 7) is 2.51. The number of nitrogens with zero attached hydrogens (tertiary/aromatic N) is 2. The molecule has 1 aromatic heterocycles. The molecule has 1 saturated heterocycles. The molecule has 1 atom stereocenters. The number of anilines is 2. The first kappa shape index (κ1) is 21.5. The Hall–Kier alpha value is -3.71. The monoisotopic (exact) mass is 429 g/mol. The summed E-state index contributed by atoms with van der Waals surface area (Å²) in [5.74, 6) is -0.569. The largest absolute Gasteiger partial charge is 0.397 e. The minimum Gasteiger partial charge on any atom is -0.397 e. The molecule has 0 aliphatic carbocycles. The summed E-state index contributed by atoms with van der Waals surface area (Å²) < 4.78 is 0. The van der Waals surface area contributed by atoms with Gasteiger partial charge in [0.25, 0.3) is 11.8 Å². The Morgan fingerprint density at radius 1 is 1.00 bits per heavy atom. The second-order valence-corrected chi connectivity index (χ2v) is 7.94. The van der Waals surface area contributed by atoms with Gasteiger partial charge in [-0.25, -0.2) is 0 Å². The number of para-hydroxylation sites is 2. The number of nitrogens with one attached hydrogen (secondary N) is 2. The summed E-state index contributed by atoms with van der Waals surface area (Å²) in [6.07, 6.45) is 3.62. The number of benzene rings is 2. The van der Waals surface area contributed by atoms with Crippen molar-refractivity contribution >= 4 is 23.2 Å². The number of hydrogen-bond donors (Lipinski definition) is 3. The zero-order valence-corrected chi connectivity index (χ0v) is 17.8. The van der Waals surface area contributed by atoms with Gasteiger partial charge in [0.2, 0.25) is 0 Å². The van der Waals surface area contributed by atoms with E-state index in [1.807, 2.05) is 18.2 Å². The van der Waals surface area contributed by atoms with Gasteiger partial charge in [-0.05, 0) is 49.2 Å². The van der Waals surface area contributed by atoms with Crippen LogP contribution >= 0.6 is 0 Å². The van der Waals surface area contributed by atoms with E-state index in [9.17, 15) is 9.59 Å². The molecular formula is C25H27N5O2. The highest BCUT2D eigenvalue weighted by molar-refractivity contribution is 6.04. The third kappa shape index (κ3) is 5.31. The van der Waals surface area contributed by atoms with Crippen LogP contribution in [0.1, 0.15) is 39.3 Å². The lowest BCUT2D eigenvalue weighted by molar-refractivity contribution is 0.0937. The zero-order chi connectivity index (χ0) is 22.3. The molecule has 7 nitrogen and oxygen atoms in total. The van der Waals surface area contributed by atoms with Crippen LogP contribution in [0.3, 0.4) is 0 Å². The molecule has 1 aliphatic heterocycles. The Kier molecular flexibility index (Phi) is 6.77. The van der Waals surface area contributed by atoms with Crippen molar-refractivity contribution in [3.05, 3.63) is 89.7 Å². The fourth-order valence-corrected chi connectivity index (χ4v) is 3.92. The highest BCUT2D eigenvalue weighted by Gasteiger charge is 2.25. The van der Waals surface area contributed by atoms with E-state index in [0.29, 0.717) is 29.5 Å². The second kappa shape index (κ2) is 10.1. The highest BCUT2D eigenvalue weighted by Crippen LogP contribution is 2.20. The second-order valence-electron chi connectivity index (χ2n) is 7.94. The minimum absolute atomic E-state index is 0.191. The number of aromatic nitrogens is 1. The van der Waals surface area contributed by atoms with Gasteiger partial charge in [0.1, 0.15) is 5.69 Å². The molecule has 2 amide bonds. The molecule has 4 rings (SSSR count). The molecule has 0 radical (unpaired) electrons. The summed E-state index contributed by atoms with van der Waals surface area (Å²) >= 11 is 0. The maximum absolute atomic E-state index is 12.6. The van der Waals surface area contributed by atoms with Crippen LogP contribution in [0.5, 0.6) is 0 Å². The third-order valence-corrected chi connectivity index (χ3v) is 5.69. The summed E-state index contributed by atoms with van der Waals surface area (Å²) in [4.78, 5) is 31.6. The molecule has 2 heterocycles. The van der Waals surface area contributed by atoms with Crippen LogP contribution in [0.25, 0.3) is 0 Å². The highest BCUT2D eigenvalue weighted by atomic mass is 16.2. The average molecular weight is 430 g/mol. The quantitative estimate of drug-likeness (QED) is 0.500. The van der Waals surface area contributed by atoms with Crippen molar-refractivity contribution in [1.82, 2.24) is 15.2 Å². The van der Waals surface area contributed by atoms with E-state index >= 15 is 0 Å². The molecule has 164 valence electrons. The van der Waals surface area contributed by atoms with Crippen molar-refractivity contribution < 1.29 is 9.59 Å². The Balaban J connectivity index is 1.31. The normalized spacial score (nSPS) is 15.9. The minimum atomic E-state index is -0.377. The van der Waals surface area contributed by atoms with E-state index in [4.69, 9.17) is 5.73 Å². The number of rotatable bonds is 7. The Bertz CT molecular complexity index is 1070. The molecule has 4 N–H and O–H groups in total. The van der Waals surface area contributed by atoms with Crippen molar-refractivity contribution in [3.8, 4) is 0 Å². The van der Waals surface area contributed by atoms with Crippen molar-refractivity contribution in [3.63, 3.8) is 0 Å². The predicted molar refractivity (Wildman–Crippen MR) is 125 cm³/mol. The van der Waals surface area contributed by atoms with Gasteiger partial charge in [-0.2, -0.15) is 0 Å². The number of hydrogen-bond acceptors (Lipinski definition) is 5. The van der Waals surface area contributed by atoms with Gasteiger partial charge in [0.15, 0.2) is 0 Å². The summed E-state index contributed by atoms with van der Waals surface area (Å²) in [5.41, 5.74) is 8.78. The first-order valence-electron chi connectivity index (χ1n) is 10.8. The number of nitrogen functional groups attached to an aromatic ring is 1. The van der Waals surface area contributed by atoms with Crippen molar-refractivity contribution in [1.29, 1.82) is 0 Å². The SMILES string of the molecule is Nc1ccccc1NC(=O)c1ccc(C(=O)NCC2CCCN2Cc2ccccc2)cn1. The lowest BCUT2D eigenvalue weighted by Crippen LogP contribution is -2.39. The molecular weight excluding hydrogens is 402 g/mol. The van der Waals surface area contributed by atoms with Crippen LogP contribution in [0.4, 0.5) is 11.4 Å². The molecule has 0 saturated carbocycles. The molecule has 3 aromatic rings. The molecule has 1 fully saturated rings. The fourth-order valence-electron chi connectivity index (χ4n) is 3.92. The maximum Gasteiger partial charge on any atom is 0.274 e. The fraction of sp³-hybridized carbons (Fsp3) is 0.240. The van der Waals surface area contributed by atoms with Crippen molar-refractivity contribution in [2.24, 2.45) is 0 Å². The van der Waals surface area contributed by atoms with E-state index in [-0.39, 0.29) is 17.5 Å². The zero-order valence-electron chi connectivity index (χ0n) is 17.8. The van der Waals surface area contributed by atoms with Crippen molar-refractivity contribution in [2.45, 2.75) is 25.4 Å². The number of likely N-dealkylation sites (tertiary alicyclic amines) is 1. The van der Waals surface area contributed by atoms with Crippen LogP contribution in [0.2, 0.25) is 0 Å². The summed E-state index contributed by atoms with van der Waals surface area (Å²) in [5, 5.41) is 5.74. The van der Waals surface area contributed by atoms with Gasteiger partial charge in [0.05, 0.1) is 16.9 Å². The topological polar surface area (TPSA) is 100 Å². The van der Waals surface area contributed by atoms with Gasteiger partial charge in [-0.15, -0.1) is 0 Å². The lowest BCUT2D eigenvalue weighted by atomic mass is 10.1. The van der Waals surface area contributed by atoms with Gasteiger partial charge < -0.3 is 16.4 Å². The Labute approximate surface area is 187 Å². The van der Waals surface area contributed by atoms with E-state index in [1.54, 1.807) is 36.4 Å². The van der Waals surface area contributed by atoms with E-state index in [0.717, 1.165) is 25.9 Å². The van der Waals surface area contributed by atoms with Crippen LogP contribution in [0.15, 0.2) is 72.9 Å². The number of nitrogens with two attached hydrogens (primary N) is 1. The predicted octanol–water partition coefficient (Wildman–Crippen LogP) is 3.31. The van der Waals surface area contributed by atoms with Gasteiger partial charge >= 0.3 is 0 Å². The van der Waals surface area contributed by atoms with Crippen LogP contribution in [-0.2, 0) is 6.54 Å². The molecule has 1 unspecified atom stereocenters. The maximum atomic E-state index is 12.6. The summed E-state index contributed by atoms with van der Waals surface area (Å²) in [6, 6.07) is 20.9. The number of amides is 2. The Morgan fingerprint density at radius 3 is 2.53 bits per heavy atom.